The Bertz CT molecular complexity index is 940. The summed E-state index contributed by atoms with van der Waals surface area (Å²) in [5.41, 5.74) is 4.09. The molecule has 0 amide bonds. The first-order valence-electron chi connectivity index (χ1n) is 13.1. The molecule has 1 unspecified atom stereocenters. The molecule has 0 aromatic heterocycles. The molecule has 0 spiro atoms. The van der Waals surface area contributed by atoms with Crippen molar-refractivity contribution in [3.8, 4) is 0 Å². The fraction of sp³-hybridized carbons (Fsp3) is 0.607. The molecule has 1 aromatic carbocycles. The largest absolute Gasteiger partial charge is 0.449 e. The third kappa shape index (κ3) is 4.37. The van der Waals surface area contributed by atoms with Crippen LogP contribution in [0.25, 0.3) is 0 Å². The van der Waals surface area contributed by atoms with Crippen molar-refractivity contribution in [3.63, 3.8) is 0 Å². The van der Waals surface area contributed by atoms with Gasteiger partial charge in [-0.25, -0.2) is 9.38 Å². The molecule has 2 bridgehead atoms. The van der Waals surface area contributed by atoms with Gasteiger partial charge in [0.25, 0.3) is 6.02 Å². The van der Waals surface area contributed by atoms with Crippen molar-refractivity contribution in [2.75, 3.05) is 32.9 Å². The summed E-state index contributed by atoms with van der Waals surface area (Å²) < 4.78 is 20.2. The van der Waals surface area contributed by atoms with E-state index in [0.29, 0.717) is 12.6 Å². The summed E-state index contributed by atoms with van der Waals surface area (Å²) >= 11 is 0. The monoisotopic (exact) mass is 449 g/mol. The number of rotatable bonds is 2. The Labute approximate surface area is 197 Å². The predicted molar refractivity (Wildman–Crippen MR) is 129 cm³/mol. The number of aliphatic imine (C=N–C) groups is 1. The van der Waals surface area contributed by atoms with Gasteiger partial charge in [-0.2, -0.15) is 0 Å². The number of piperidine rings is 1. The van der Waals surface area contributed by atoms with E-state index in [1.54, 1.807) is 17.7 Å². The Kier molecular flexibility index (Phi) is 6.00. The fourth-order valence-electron chi connectivity index (χ4n) is 6.42. The lowest BCUT2D eigenvalue weighted by Gasteiger charge is -2.43. The van der Waals surface area contributed by atoms with Crippen molar-refractivity contribution < 1.29 is 9.13 Å². The van der Waals surface area contributed by atoms with Crippen LogP contribution in [0.1, 0.15) is 63.0 Å². The number of halogens is 1. The molecular weight excluding hydrogens is 413 g/mol. The molecule has 2 atom stereocenters. The summed E-state index contributed by atoms with van der Waals surface area (Å²) in [7, 11) is 0. The van der Waals surface area contributed by atoms with Gasteiger partial charge in [-0.3, -0.25) is 4.90 Å². The van der Waals surface area contributed by atoms with Crippen LogP contribution in [0.5, 0.6) is 0 Å². The summed E-state index contributed by atoms with van der Waals surface area (Å²) in [4.78, 5) is 9.77. The number of amidine groups is 1. The molecular formula is C28H36FN3O. The molecule has 0 N–H and O–H groups in total. The molecule has 1 aromatic rings. The quantitative estimate of drug-likeness (QED) is 0.581. The second kappa shape index (κ2) is 9.25. The minimum atomic E-state index is -0.185. The summed E-state index contributed by atoms with van der Waals surface area (Å²) in [5, 5.41) is 0. The van der Waals surface area contributed by atoms with E-state index in [0.717, 1.165) is 62.4 Å². The summed E-state index contributed by atoms with van der Waals surface area (Å²) in [6.45, 7) is 4.61. The number of nitrogens with zero attached hydrogens (tertiary/aromatic N) is 3. The molecule has 4 nitrogen and oxygen atoms in total. The van der Waals surface area contributed by atoms with Crippen molar-refractivity contribution in [1.82, 2.24) is 9.80 Å². The topological polar surface area (TPSA) is 28.1 Å². The maximum Gasteiger partial charge on any atom is 0.289 e. The summed E-state index contributed by atoms with van der Waals surface area (Å²) in [6.07, 6.45) is 14.9. The lowest BCUT2D eigenvalue weighted by molar-refractivity contribution is 0.0583. The lowest BCUT2D eigenvalue weighted by Crippen LogP contribution is -2.45. The van der Waals surface area contributed by atoms with Gasteiger partial charge in [-0.05, 0) is 86.0 Å². The molecule has 2 fully saturated rings. The number of ether oxygens (including phenoxy) is 1. The maximum absolute atomic E-state index is 13.8. The van der Waals surface area contributed by atoms with Gasteiger partial charge in [0.2, 0.25) is 0 Å². The molecule has 176 valence electrons. The summed E-state index contributed by atoms with van der Waals surface area (Å²) in [6, 6.07) is 7.89. The third-order valence-corrected chi connectivity index (χ3v) is 8.73. The highest BCUT2D eigenvalue weighted by atomic mass is 19.1. The molecule has 5 heteroatoms. The average molecular weight is 450 g/mol. The van der Waals surface area contributed by atoms with E-state index >= 15 is 0 Å². The predicted octanol–water partition coefficient (Wildman–Crippen LogP) is 5.69. The molecule has 4 aliphatic heterocycles. The Morgan fingerprint density at radius 1 is 0.970 bits per heavy atom. The van der Waals surface area contributed by atoms with Gasteiger partial charge >= 0.3 is 0 Å². The van der Waals surface area contributed by atoms with Crippen LogP contribution < -0.4 is 0 Å². The number of hydrogen-bond acceptors (Lipinski definition) is 4. The van der Waals surface area contributed by atoms with Crippen molar-refractivity contribution in [2.24, 2.45) is 22.7 Å². The van der Waals surface area contributed by atoms with Crippen LogP contribution in [-0.4, -0.2) is 48.7 Å². The van der Waals surface area contributed by atoms with E-state index in [-0.39, 0.29) is 11.9 Å². The van der Waals surface area contributed by atoms with Crippen LogP contribution in [-0.2, 0) is 4.74 Å². The van der Waals surface area contributed by atoms with Crippen LogP contribution in [0, 0.1) is 23.6 Å². The second-order valence-corrected chi connectivity index (χ2v) is 10.7. The standard InChI is InChI=1S/C28H36FN3O/c29-25-7-4-22(5-8-25)27-26-9-6-23(21-2-1-3-21)18-24(26)13-17-32(27)28-30-14-10-20-11-15-31(16-12-20)19-33-28/h4-9,20-21,23,27H,1-3,10-19H2/b30-28-/t23?,27-/m0/s1. The van der Waals surface area contributed by atoms with Gasteiger partial charge in [0.05, 0.1) is 6.04 Å². The second-order valence-electron chi connectivity index (χ2n) is 10.7. The SMILES string of the molecule is Fc1ccc([C@H]2C3=C(CCN2/C2=N/CCC4CCN(CC4)CO2)CC(C2CCC2)C=C3)cc1. The van der Waals surface area contributed by atoms with Crippen LogP contribution in [0.2, 0.25) is 0 Å². The average Bonchev–Trinajstić information content (AvgIpc) is 2.82. The first-order valence-corrected chi connectivity index (χ1v) is 13.1. The molecule has 4 heterocycles. The smallest absolute Gasteiger partial charge is 0.289 e. The van der Waals surface area contributed by atoms with Crippen molar-refractivity contribution in [2.45, 2.75) is 57.4 Å². The molecule has 0 radical (unpaired) electrons. The first-order chi connectivity index (χ1) is 16.2. The highest BCUT2D eigenvalue weighted by molar-refractivity contribution is 5.76. The van der Waals surface area contributed by atoms with Gasteiger partial charge in [-0.15, -0.1) is 0 Å². The Morgan fingerprint density at radius 2 is 1.79 bits per heavy atom. The van der Waals surface area contributed by atoms with Crippen LogP contribution in [0.3, 0.4) is 0 Å². The highest BCUT2D eigenvalue weighted by Crippen LogP contribution is 2.46. The minimum absolute atomic E-state index is 0.0434. The normalized spacial score (nSPS) is 34.2. The van der Waals surface area contributed by atoms with Gasteiger partial charge in [0.1, 0.15) is 12.5 Å². The Morgan fingerprint density at radius 3 is 2.55 bits per heavy atom. The third-order valence-electron chi connectivity index (χ3n) is 8.73. The van der Waals surface area contributed by atoms with E-state index < -0.39 is 0 Å². The molecule has 1 saturated heterocycles. The van der Waals surface area contributed by atoms with Crippen LogP contribution in [0.15, 0.2) is 52.6 Å². The van der Waals surface area contributed by atoms with E-state index in [4.69, 9.17) is 9.73 Å². The van der Waals surface area contributed by atoms with E-state index in [1.165, 1.54) is 44.1 Å². The van der Waals surface area contributed by atoms with Crippen LogP contribution >= 0.6 is 0 Å². The summed E-state index contributed by atoms with van der Waals surface area (Å²) in [5.74, 6) is 2.17. The van der Waals surface area contributed by atoms with Crippen molar-refractivity contribution >= 4 is 6.02 Å². The number of fused-ring (bicyclic) bond motifs is 6. The van der Waals surface area contributed by atoms with Gasteiger partial charge in [0.15, 0.2) is 0 Å². The van der Waals surface area contributed by atoms with E-state index in [1.807, 2.05) is 12.1 Å². The molecule has 33 heavy (non-hydrogen) atoms. The van der Waals surface area contributed by atoms with Crippen molar-refractivity contribution in [1.29, 1.82) is 0 Å². The zero-order valence-corrected chi connectivity index (χ0v) is 19.6. The minimum Gasteiger partial charge on any atom is -0.449 e. The molecule has 6 aliphatic rings. The Balaban J connectivity index is 1.32. The number of benzene rings is 1. The van der Waals surface area contributed by atoms with Crippen LogP contribution in [0.4, 0.5) is 4.39 Å². The van der Waals surface area contributed by atoms with Gasteiger partial charge in [-0.1, -0.05) is 36.3 Å². The number of hydrogen-bond donors (Lipinski definition) is 0. The number of allylic oxidation sites excluding steroid dienone is 1. The maximum atomic E-state index is 13.8. The zero-order chi connectivity index (χ0) is 22.2. The van der Waals surface area contributed by atoms with Crippen molar-refractivity contribution in [3.05, 3.63) is 58.9 Å². The Hall–Kier alpha value is -2.14. The molecule has 7 rings (SSSR count). The fourth-order valence-corrected chi connectivity index (χ4v) is 6.42. The van der Waals surface area contributed by atoms with E-state index in [2.05, 4.69) is 22.0 Å². The molecule has 1 saturated carbocycles. The highest BCUT2D eigenvalue weighted by Gasteiger charge is 2.37. The molecule has 2 aliphatic carbocycles. The first kappa shape index (κ1) is 21.4. The zero-order valence-electron chi connectivity index (χ0n) is 19.6. The van der Waals surface area contributed by atoms with Gasteiger partial charge < -0.3 is 9.64 Å². The van der Waals surface area contributed by atoms with Gasteiger partial charge in [0, 0.05) is 26.2 Å². The lowest BCUT2D eigenvalue weighted by atomic mass is 9.69. The van der Waals surface area contributed by atoms with E-state index in [9.17, 15) is 4.39 Å².